The monoisotopic (exact) mass is 435 g/mol. The van der Waals surface area contributed by atoms with Crippen molar-refractivity contribution in [2.75, 3.05) is 10.6 Å². The Morgan fingerprint density at radius 3 is 2.47 bits per heavy atom. The van der Waals surface area contributed by atoms with Gasteiger partial charge in [-0.3, -0.25) is 9.78 Å². The maximum absolute atomic E-state index is 13.7. The van der Waals surface area contributed by atoms with Crippen molar-refractivity contribution in [3.63, 3.8) is 0 Å². The van der Waals surface area contributed by atoms with E-state index < -0.39 is 0 Å². The van der Waals surface area contributed by atoms with Gasteiger partial charge in [0.2, 0.25) is 0 Å². The molecule has 0 fully saturated rings. The Bertz CT molecular complexity index is 1340. The minimum absolute atomic E-state index is 0.0252. The van der Waals surface area contributed by atoms with Crippen molar-refractivity contribution >= 4 is 38.7 Å². The number of amides is 1. The summed E-state index contributed by atoms with van der Waals surface area (Å²) < 4.78 is 1.10. The van der Waals surface area contributed by atoms with Gasteiger partial charge in [-0.25, -0.2) is 0 Å². The van der Waals surface area contributed by atoms with Crippen LogP contribution in [0.5, 0.6) is 0 Å². The number of carbonyl (C=O) groups excluding carboxylic acids is 1. The van der Waals surface area contributed by atoms with Crippen LogP contribution in [0.4, 0.5) is 11.4 Å². The van der Waals surface area contributed by atoms with E-state index in [1.165, 1.54) is 11.3 Å². The standard InChI is InChI=1S/C27H21N3OS/c28-23-10-12-24(13-11-23)30(27(31)26-16-21-6-1-2-9-25(21)32-26)18-19-5-3-7-20(15-19)22-8-4-14-29-17-22/h1-17H,18,28H2. The average molecular weight is 436 g/mol. The second kappa shape index (κ2) is 8.65. The summed E-state index contributed by atoms with van der Waals surface area (Å²) in [6.45, 7) is 0.450. The Labute approximate surface area is 190 Å². The fraction of sp³-hybridized carbons (Fsp3) is 0.0370. The fourth-order valence-electron chi connectivity index (χ4n) is 3.72. The number of nitrogens with zero attached hydrogens (tertiary/aromatic N) is 2. The number of carbonyl (C=O) groups is 1. The summed E-state index contributed by atoms with van der Waals surface area (Å²) in [6, 6.07) is 29.7. The van der Waals surface area contributed by atoms with Crippen LogP contribution in [0.2, 0.25) is 0 Å². The lowest BCUT2D eigenvalue weighted by Crippen LogP contribution is -2.29. The zero-order valence-corrected chi connectivity index (χ0v) is 18.1. The van der Waals surface area contributed by atoms with Gasteiger partial charge in [0.1, 0.15) is 0 Å². The Kier molecular flexibility index (Phi) is 5.40. The maximum atomic E-state index is 13.7. The summed E-state index contributed by atoms with van der Waals surface area (Å²) in [5, 5.41) is 1.08. The molecule has 0 aliphatic heterocycles. The van der Waals surface area contributed by atoms with Gasteiger partial charge < -0.3 is 10.6 Å². The highest BCUT2D eigenvalue weighted by Gasteiger charge is 2.20. The van der Waals surface area contributed by atoms with E-state index in [2.05, 4.69) is 17.1 Å². The molecule has 32 heavy (non-hydrogen) atoms. The van der Waals surface area contributed by atoms with Crippen LogP contribution in [0.15, 0.2) is 103 Å². The molecule has 0 aliphatic carbocycles. The molecule has 0 atom stereocenters. The van der Waals surface area contributed by atoms with Crippen molar-refractivity contribution in [3.05, 3.63) is 114 Å². The van der Waals surface area contributed by atoms with E-state index >= 15 is 0 Å². The van der Waals surface area contributed by atoms with E-state index in [4.69, 9.17) is 5.73 Å². The SMILES string of the molecule is Nc1ccc(N(Cc2cccc(-c3cccnc3)c2)C(=O)c2cc3ccccc3s2)cc1. The normalized spacial score (nSPS) is 10.9. The van der Waals surface area contributed by atoms with Crippen LogP contribution in [-0.2, 0) is 6.54 Å². The van der Waals surface area contributed by atoms with Crippen LogP contribution >= 0.6 is 11.3 Å². The molecule has 156 valence electrons. The van der Waals surface area contributed by atoms with E-state index in [9.17, 15) is 4.79 Å². The molecule has 2 heterocycles. The molecule has 4 nitrogen and oxygen atoms in total. The molecule has 0 bridgehead atoms. The molecule has 5 heteroatoms. The number of pyridine rings is 1. The van der Waals surface area contributed by atoms with Crippen molar-refractivity contribution in [1.82, 2.24) is 4.98 Å². The highest BCUT2D eigenvalue weighted by atomic mass is 32.1. The smallest absolute Gasteiger partial charge is 0.268 e. The first-order valence-corrected chi connectivity index (χ1v) is 11.1. The van der Waals surface area contributed by atoms with Crippen LogP contribution in [-0.4, -0.2) is 10.9 Å². The number of hydrogen-bond donors (Lipinski definition) is 1. The van der Waals surface area contributed by atoms with Crippen LogP contribution in [0.25, 0.3) is 21.2 Å². The van der Waals surface area contributed by atoms with Gasteiger partial charge in [0.05, 0.1) is 11.4 Å². The minimum atomic E-state index is -0.0252. The quantitative estimate of drug-likeness (QED) is 0.325. The van der Waals surface area contributed by atoms with Crippen molar-refractivity contribution in [2.24, 2.45) is 0 Å². The van der Waals surface area contributed by atoms with Gasteiger partial charge in [0.25, 0.3) is 5.91 Å². The largest absolute Gasteiger partial charge is 0.399 e. The molecule has 1 amide bonds. The Morgan fingerprint density at radius 2 is 1.69 bits per heavy atom. The molecular weight excluding hydrogens is 414 g/mol. The Morgan fingerprint density at radius 1 is 0.875 bits per heavy atom. The molecule has 0 unspecified atom stereocenters. The van der Waals surface area contributed by atoms with Crippen molar-refractivity contribution < 1.29 is 4.79 Å². The number of anilines is 2. The van der Waals surface area contributed by atoms with E-state index in [1.807, 2.05) is 90.0 Å². The van der Waals surface area contributed by atoms with Gasteiger partial charge in [-0.05, 0) is 70.6 Å². The van der Waals surface area contributed by atoms with E-state index in [0.29, 0.717) is 17.1 Å². The molecule has 0 radical (unpaired) electrons. The van der Waals surface area contributed by atoms with Crippen molar-refractivity contribution in [1.29, 1.82) is 0 Å². The lowest BCUT2D eigenvalue weighted by Gasteiger charge is -2.23. The topological polar surface area (TPSA) is 59.2 Å². The maximum Gasteiger partial charge on any atom is 0.268 e. The van der Waals surface area contributed by atoms with Gasteiger partial charge in [-0.1, -0.05) is 42.5 Å². The summed E-state index contributed by atoms with van der Waals surface area (Å²) in [5.74, 6) is -0.0252. The third kappa shape index (κ3) is 4.11. The molecule has 5 aromatic rings. The first kappa shape index (κ1) is 20.0. The number of fused-ring (bicyclic) bond motifs is 1. The number of nitrogens with two attached hydrogens (primary N) is 1. The van der Waals surface area contributed by atoms with Crippen molar-refractivity contribution in [2.45, 2.75) is 6.54 Å². The molecule has 0 aliphatic rings. The van der Waals surface area contributed by atoms with E-state index in [0.717, 1.165) is 32.5 Å². The molecule has 3 aromatic carbocycles. The number of thiophene rings is 1. The number of rotatable bonds is 5. The molecule has 5 rings (SSSR count). The fourth-order valence-corrected chi connectivity index (χ4v) is 4.73. The number of hydrogen-bond acceptors (Lipinski definition) is 4. The van der Waals surface area contributed by atoms with Crippen LogP contribution in [0.1, 0.15) is 15.2 Å². The van der Waals surface area contributed by atoms with Gasteiger partial charge in [-0.15, -0.1) is 11.3 Å². The zero-order valence-electron chi connectivity index (χ0n) is 17.3. The summed E-state index contributed by atoms with van der Waals surface area (Å²) in [5.41, 5.74) is 10.5. The third-order valence-corrected chi connectivity index (χ3v) is 6.45. The molecular formula is C27H21N3OS. The predicted octanol–water partition coefficient (Wildman–Crippen LogP) is 6.39. The second-order valence-electron chi connectivity index (χ2n) is 7.57. The lowest BCUT2D eigenvalue weighted by molar-refractivity contribution is 0.0989. The van der Waals surface area contributed by atoms with Gasteiger partial charge >= 0.3 is 0 Å². The Balaban J connectivity index is 1.52. The summed E-state index contributed by atoms with van der Waals surface area (Å²) in [7, 11) is 0. The molecule has 0 saturated carbocycles. The predicted molar refractivity (Wildman–Crippen MR) is 133 cm³/mol. The first-order chi connectivity index (χ1) is 15.7. The van der Waals surface area contributed by atoms with Crippen LogP contribution < -0.4 is 10.6 Å². The van der Waals surface area contributed by atoms with Gasteiger partial charge in [-0.2, -0.15) is 0 Å². The molecule has 2 aromatic heterocycles. The van der Waals surface area contributed by atoms with Crippen molar-refractivity contribution in [3.8, 4) is 11.1 Å². The Hall–Kier alpha value is -3.96. The lowest BCUT2D eigenvalue weighted by atomic mass is 10.0. The van der Waals surface area contributed by atoms with E-state index in [1.54, 1.807) is 6.20 Å². The highest BCUT2D eigenvalue weighted by molar-refractivity contribution is 7.20. The summed E-state index contributed by atoms with van der Waals surface area (Å²) in [4.78, 5) is 20.4. The average Bonchev–Trinajstić information content (AvgIpc) is 3.28. The molecule has 2 N–H and O–H groups in total. The van der Waals surface area contributed by atoms with E-state index in [-0.39, 0.29) is 5.91 Å². The summed E-state index contributed by atoms with van der Waals surface area (Å²) >= 11 is 1.52. The number of nitrogen functional groups attached to an aromatic ring is 1. The third-order valence-electron chi connectivity index (χ3n) is 5.35. The number of benzene rings is 3. The van der Waals surface area contributed by atoms with Gasteiger partial charge in [0, 0.05) is 28.5 Å². The van der Waals surface area contributed by atoms with Crippen LogP contribution in [0.3, 0.4) is 0 Å². The number of aromatic nitrogens is 1. The van der Waals surface area contributed by atoms with Gasteiger partial charge in [0.15, 0.2) is 0 Å². The molecule has 0 saturated heterocycles. The molecule has 0 spiro atoms. The second-order valence-corrected chi connectivity index (χ2v) is 8.66. The highest BCUT2D eigenvalue weighted by Crippen LogP contribution is 2.30. The minimum Gasteiger partial charge on any atom is -0.399 e. The zero-order chi connectivity index (χ0) is 21.9. The summed E-state index contributed by atoms with van der Waals surface area (Å²) in [6.07, 6.45) is 3.61. The van der Waals surface area contributed by atoms with Crippen LogP contribution in [0, 0.1) is 0 Å². The first-order valence-electron chi connectivity index (χ1n) is 10.3.